The summed E-state index contributed by atoms with van der Waals surface area (Å²) in [7, 11) is 3.96. The molecule has 0 aromatic heterocycles. The highest BCUT2D eigenvalue weighted by atomic mass is 79.9. The fourth-order valence-electron chi connectivity index (χ4n) is 2.46. The lowest BCUT2D eigenvalue weighted by molar-refractivity contribution is 0.0947. The van der Waals surface area contributed by atoms with Crippen LogP contribution in [0.1, 0.15) is 29.6 Å². The van der Waals surface area contributed by atoms with Crippen molar-refractivity contribution in [2.24, 2.45) is 5.92 Å². The Morgan fingerprint density at radius 3 is 2.84 bits per heavy atom. The molecule has 1 amide bonds. The minimum absolute atomic E-state index is 0.0294. The van der Waals surface area contributed by atoms with Gasteiger partial charge >= 0.3 is 0 Å². The van der Waals surface area contributed by atoms with Crippen molar-refractivity contribution in [1.29, 1.82) is 0 Å². The highest BCUT2D eigenvalue weighted by molar-refractivity contribution is 9.09. The van der Waals surface area contributed by atoms with Crippen LogP contribution in [0.25, 0.3) is 0 Å². The van der Waals surface area contributed by atoms with E-state index in [1.54, 1.807) is 0 Å². The van der Waals surface area contributed by atoms with E-state index in [0.29, 0.717) is 10.7 Å². The molecule has 0 saturated heterocycles. The van der Waals surface area contributed by atoms with Gasteiger partial charge in [0.05, 0.1) is 0 Å². The SMILES string of the molecule is CN(C)c1cccc(C(=O)NCC2CCC(Br)C2)c1. The molecule has 1 fully saturated rings. The molecule has 1 N–H and O–H groups in total. The Bertz CT molecular complexity index is 448. The first-order chi connectivity index (χ1) is 9.06. The minimum atomic E-state index is 0.0294. The number of amides is 1. The van der Waals surface area contributed by atoms with Gasteiger partial charge in [-0.3, -0.25) is 4.79 Å². The van der Waals surface area contributed by atoms with Crippen LogP contribution in [0.15, 0.2) is 24.3 Å². The molecule has 4 heteroatoms. The second-order valence-electron chi connectivity index (χ2n) is 5.43. The molecule has 0 aliphatic heterocycles. The number of hydrogen-bond donors (Lipinski definition) is 1. The first-order valence-corrected chi connectivity index (χ1v) is 7.67. The number of nitrogens with zero attached hydrogens (tertiary/aromatic N) is 1. The molecule has 2 atom stereocenters. The summed E-state index contributed by atoms with van der Waals surface area (Å²) >= 11 is 3.64. The van der Waals surface area contributed by atoms with Gasteiger partial charge in [-0.2, -0.15) is 0 Å². The zero-order chi connectivity index (χ0) is 13.8. The van der Waals surface area contributed by atoms with Crippen LogP contribution in [0, 0.1) is 5.92 Å². The van der Waals surface area contributed by atoms with E-state index < -0.39 is 0 Å². The average molecular weight is 325 g/mol. The normalized spacial score (nSPS) is 22.3. The van der Waals surface area contributed by atoms with Crippen LogP contribution in [-0.2, 0) is 0 Å². The predicted molar refractivity (Wildman–Crippen MR) is 83.2 cm³/mol. The summed E-state index contributed by atoms with van der Waals surface area (Å²) in [5.74, 6) is 0.645. The molecule has 19 heavy (non-hydrogen) atoms. The van der Waals surface area contributed by atoms with Crippen LogP contribution < -0.4 is 10.2 Å². The lowest BCUT2D eigenvalue weighted by Gasteiger charge is -2.14. The summed E-state index contributed by atoms with van der Waals surface area (Å²) in [6, 6.07) is 7.72. The molecular weight excluding hydrogens is 304 g/mol. The molecular formula is C15H21BrN2O. The molecule has 104 valence electrons. The molecule has 1 aliphatic carbocycles. The Kier molecular flexibility index (Phi) is 4.86. The van der Waals surface area contributed by atoms with E-state index in [0.717, 1.165) is 24.2 Å². The van der Waals surface area contributed by atoms with Crippen molar-refractivity contribution in [2.75, 3.05) is 25.5 Å². The average Bonchev–Trinajstić information content (AvgIpc) is 2.82. The van der Waals surface area contributed by atoms with E-state index in [1.807, 2.05) is 43.3 Å². The molecule has 2 rings (SSSR count). The van der Waals surface area contributed by atoms with Gasteiger partial charge in [-0.15, -0.1) is 0 Å². The molecule has 1 aromatic rings. The van der Waals surface area contributed by atoms with E-state index in [9.17, 15) is 4.79 Å². The number of rotatable bonds is 4. The van der Waals surface area contributed by atoms with Gasteiger partial charge in [-0.05, 0) is 43.4 Å². The monoisotopic (exact) mass is 324 g/mol. The predicted octanol–water partition coefficient (Wildman–Crippen LogP) is 3.05. The second-order valence-corrected chi connectivity index (χ2v) is 6.73. The van der Waals surface area contributed by atoms with E-state index in [4.69, 9.17) is 0 Å². The molecule has 1 saturated carbocycles. The fraction of sp³-hybridized carbons (Fsp3) is 0.533. The molecule has 0 bridgehead atoms. The first-order valence-electron chi connectivity index (χ1n) is 6.76. The van der Waals surface area contributed by atoms with Crippen molar-refractivity contribution >= 4 is 27.5 Å². The van der Waals surface area contributed by atoms with Crippen molar-refractivity contribution in [2.45, 2.75) is 24.1 Å². The number of hydrogen-bond acceptors (Lipinski definition) is 2. The van der Waals surface area contributed by atoms with Crippen molar-refractivity contribution in [3.05, 3.63) is 29.8 Å². The third kappa shape index (κ3) is 3.96. The van der Waals surface area contributed by atoms with Crippen molar-refractivity contribution in [1.82, 2.24) is 5.32 Å². The number of nitrogens with one attached hydrogen (secondary N) is 1. The topological polar surface area (TPSA) is 32.3 Å². The highest BCUT2D eigenvalue weighted by Crippen LogP contribution is 2.30. The van der Waals surface area contributed by atoms with Crippen LogP contribution in [0.3, 0.4) is 0 Å². The van der Waals surface area contributed by atoms with Crippen LogP contribution in [0.2, 0.25) is 0 Å². The van der Waals surface area contributed by atoms with Crippen molar-refractivity contribution in [3.63, 3.8) is 0 Å². The van der Waals surface area contributed by atoms with Crippen molar-refractivity contribution < 1.29 is 4.79 Å². The summed E-state index contributed by atoms with van der Waals surface area (Å²) in [5.41, 5.74) is 1.79. The van der Waals surface area contributed by atoms with Gasteiger partial charge in [0, 0.05) is 36.7 Å². The van der Waals surface area contributed by atoms with Gasteiger partial charge in [0.15, 0.2) is 0 Å². The van der Waals surface area contributed by atoms with Crippen molar-refractivity contribution in [3.8, 4) is 0 Å². The maximum atomic E-state index is 12.1. The molecule has 0 heterocycles. The maximum Gasteiger partial charge on any atom is 0.251 e. The Morgan fingerprint density at radius 2 is 2.21 bits per heavy atom. The molecule has 2 unspecified atom stereocenters. The van der Waals surface area contributed by atoms with Gasteiger partial charge in [0.25, 0.3) is 5.91 Å². The molecule has 3 nitrogen and oxygen atoms in total. The van der Waals surface area contributed by atoms with E-state index in [2.05, 4.69) is 21.2 Å². The Hall–Kier alpha value is -1.03. The first kappa shape index (κ1) is 14.4. The molecule has 1 aromatic carbocycles. The third-order valence-corrected chi connectivity index (χ3v) is 4.48. The standard InChI is InChI=1S/C15H21BrN2O/c1-18(2)14-5-3-4-12(9-14)15(19)17-10-11-6-7-13(16)8-11/h3-5,9,11,13H,6-8,10H2,1-2H3,(H,17,19). The summed E-state index contributed by atoms with van der Waals surface area (Å²) in [6.07, 6.45) is 3.59. The summed E-state index contributed by atoms with van der Waals surface area (Å²) in [5, 5.41) is 3.05. The number of benzene rings is 1. The summed E-state index contributed by atoms with van der Waals surface area (Å²) in [6.45, 7) is 0.785. The molecule has 0 radical (unpaired) electrons. The van der Waals surface area contributed by atoms with Gasteiger partial charge in [-0.1, -0.05) is 22.0 Å². The number of carbonyl (C=O) groups excluding carboxylic acids is 1. The highest BCUT2D eigenvalue weighted by Gasteiger charge is 2.22. The van der Waals surface area contributed by atoms with E-state index in [1.165, 1.54) is 12.8 Å². The largest absolute Gasteiger partial charge is 0.378 e. The number of anilines is 1. The number of carbonyl (C=O) groups is 1. The van der Waals surface area contributed by atoms with E-state index >= 15 is 0 Å². The van der Waals surface area contributed by atoms with E-state index in [-0.39, 0.29) is 5.91 Å². The van der Waals surface area contributed by atoms with Crippen LogP contribution in [-0.4, -0.2) is 31.4 Å². The third-order valence-electron chi connectivity index (χ3n) is 3.65. The summed E-state index contributed by atoms with van der Waals surface area (Å²) < 4.78 is 0. The lowest BCUT2D eigenvalue weighted by Crippen LogP contribution is -2.28. The summed E-state index contributed by atoms with van der Waals surface area (Å²) in [4.78, 5) is 14.8. The van der Waals surface area contributed by atoms with Gasteiger partial charge in [0.2, 0.25) is 0 Å². The van der Waals surface area contributed by atoms with Crippen LogP contribution in [0.4, 0.5) is 5.69 Å². The molecule has 1 aliphatic rings. The quantitative estimate of drug-likeness (QED) is 0.863. The maximum absolute atomic E-state index is 12.1. The second kappa shape index (κ2) is 6.42. The van der Waals surface area contributed by atoms with Gasteiger partial charge < -0.3 is 10.2 Å². The van der Waals surface area contributed by atoms with Gasteiger partial charge in [-0.25, -0.2) is 0 Å². The minimum Gasteiger partial charge on any atom is -0.378 e. The number of halogens is 1. The lowest BCUT2D eigenvalue weighted by atomic mass is 10.1. The molecule has 0 spiro atoms. The number of alkyl halides is 1. The zero-order valence-electron chi connectivity index (χ0n) is 11.5. The Morgan fingerprint density at radius 1 is 1.42 bits per heavy atom. The fourth-order valence-corrected chi connectivity index (χ4v) is 3.26. The van der Waals surface area contributed by atoms with Crippen LogP contribution >= 0.6 is 15.9 Å². The Balaban J connectivity index is 1.90. The Labute approximate surface area is 123 Å². The van der Waals surface area contributed by atoms with Crippen LogP contribution in [0.5, 0.6) is 0 Å². The zero-order valence-corrected chi connectivity index (χ0v) is 13.1. The van der Waals surface area contributed by atoms with Gasteiger partial charge in [0.1, 0.15) is 0 Å². The smallest absolute Gasteiger partial charge is 0.251 e.